The lowest BCUT2D eigenvalue weighted by molar-refractivity contribution is -0.0121. The van der Waals surface area contributed by atoms with Crippen LogP contribution < -0.4 is 0 Å². The number of likely N-dealkylation sites (tertiary alicyclic amines) is 1. The van der Waals surface area contributed by atoms with Crippen LogP contribution in [0.1, 0.15) is 29.5 Å². The first kappa shape index (κ1) is 17.9. The summed E-state index contributed by atoms with van der Waals surface area (Å²) in [6.45, 7) is 4.56. The van der Waals surface area contributed by atoms with Crippen molar-refractivity contribution in [2.75, 3.05) is 13.1 Å². The fourth-order valence-corrected chi connectivity index (χ4v) is 3.66. The largest absolute Gasteiger partial charge is 0.372 e. The molecule has 3 heterocycles. The first-order chi connectivity index (χ1) is 13.3. The van der Waals surface area contributed by atoms with Gasteiger partial charge in [0.25, 0.3) is 0 Å². The molecule has 4 rings (SSSR count). The first-order valence-electron chi connectivity index (χ1n) is 9.63. The molecule has 1 aliphatic heterocycles. The van der Waals surface area contributed by atoms with E-state index in [9.17, 15) is 0 Å². The molecule has 0 saturated carbocycles. The summed E-state index contributed by atoms with van der Waals surface area (Å²) in [5.74, 6) is 0. The molecular weight excluding hydrogens is 336 g/mol. The lowest BCUT2D eigenvalue weighted by Crippen LogP contribution is -2.39. The lowest BCUT2D eigenvalue weighted by Gasteiger charge is -2.32. The maximum Gasteiger partial charge on any atom is 0.0736 e. The average Bonchev–Trinajstić information content (AvgIpc) is 3.21. The second-order valence-corrected chi connectivity index (χ2v) is 7.20. The highest BCUT2D eigenvalue weighted by atomic mass is 16.5. The summed E-state index contributed by atoms with van der Waals surface area (Å²) in [4.78, 5) is 6.66. The van der Waals surface area contributed by atoms with Crippen molar-refractivity contribution in [1.29, 1.82) is 0 Å². The highest BCUT2D eigenvalue weighted by molar-refractivity contribution is 5.23. The van der Waals surface area contributed by atoms with Gasteiger partial charge in [0.15, 0.2) is 0 Å². The molecule has 0 spiro atoms. The van der Waals surface area contributed by atoms with Gasteiger partial charge in [0.05, 0.1) is 19.3 Å². The number of nitrogens with zero attached hydrogens (tertiary/aromatic N) is 4. The predicted octanol–water partition coefficient (Wildman–Crippen LogP) is 3.51. The van der Waals surface area contributed by atoms with Gasteiger partial charge in [-0.15, -0.1) is 0 Å². The van der Waals surface area contributed by atoms with Crippen molar-refractivity contribution in [2.45, 2.75) is 38.6 Å². The van der Waals surface area contributed by atoms with Crippen LogP contribution in [0.2, 0.25) is 0 Å². The van der Waals surface area contributed by atoms with Gasteiger partial charge in [0, 0.05) is 37.9 Å². The topological polar surface area (TPSA) is 43.2 Å². The Morgan fingerprint density at radius 2 is 1.89 bits per heavy atom. The van der Waals surface area contributed by atoms with Gasteiger partial charge in [0.2, 0.25) is 0 Å². The highest BCUT2D eigenvalue weighted by Gasteiger charge is 2.20. The fraction of sp³-hybridized carbons (Fsp3) is 0.364. The van der Waals surface area contributed by atoms with Crippen LogP contribution in [0.25, 0.3) is 0 Å². The summed E-state index contributed by atoms with van der Waals surface area (Å²) >= 11 is 0. The molecule has 0 N–H and O–H groups in total. The third kappa shape index (κ3) is 5.25. The molecular formula is C22H26N4O. The minimum atomic E-state index is 0.297. The lowest BCUT2D eigenvalue weighted by atomic mass is 10.1. The third-order valence-electron chi connectivity index (χ3n) is 4.97. The summed E-state index contributed by atoms with van der Waals surface area (Å²) in [6.07, 6.45) is 10.1. The number of aromatic nitrogens is 3. The van der Waals surface area contributed by atoms with Crippen LogP contribution in [-0.4, -0.2) is 38.9 Å². The molecule has 1 aliphatic rings. The van der Waals surface area contributed by atoms with Gasteiger partial charge in [0.1, 0.15) is 0 Å². The van der Waals surface area contributed by atoms with E-state index in [0.29, 0.717) is 12.7 Å². The zero-order valence-corrected chi connectivity index (χ0v) is 15.6. The molecule has 3 aromatic rings. The van der Waals surface area contributed by atoms with Crippen LogP contribution in [0.4, 0.5) is 0 Å². The van der Waals surface area contributed by atoms with E-state index < -0.39 is 0 Å². The minimum absolute atomic E-state index is 0.297. The number of hydrogen-bond donors (Lipinski definition) is 0. The Labute approximate surface area is 160 Å². The van der Waals surface area contributed by atoms with E-state index in [0.717, 1.165) is 38.2 Å². The minimum Gasteiger partial charge on any atom is -0.372 e. The summed E-state index contributed by atoms with van der Waals surface area (Å²) < 4.78 is 8.10. The molecule has 27 heavy (non-hydrogen) atoms. The van der Waals surface area contributed by atoms with Gasteiger partial charge >= 0.3 is 0 Å². The predicted molar refractivity (Wildman–Crippen MR) is 105 cm³/mol. The average molecular weight is 362 g/mol. The van der Waals surface area contributed by atoms with Crippen LogP contribution in [0, 0.1) is 0 Å². The standard InChI is InChI=1S/C22H26N4O/c1-5-19(13-20(6-1)16-26-12-4-10-24-26)15-25-11-3-8-22(17-25)27-18-21-7-2-9-23-14-21/h1-2,4-7,9-10,12-14,22H,3,8,11,15-18H2. The second kappa shape index (κ2) is 8.93. The van der Waals surface area contributed by atoms with E-state index in [1.807, 2.05) is 35.4 Å². The summed E-state index contributed by atoms with van der Waals surface area (Å²) in [6, 6.07) is 14.8. The molecule has 1 saturated heterocycles. The van der Waals surface area contributed by atoms with Crippen molar-refractivity contribution < 1.29 is 4.74 Å². The van der Waals surface area contributed by atoms with E-state index in [1.165, 1.54) is 17.5 Å². The van der Waals surface area contributed by atoms with Crippen LogP contribution in [-0.2, 0) is 24.4 Å². The maximum atomic E-state index is 6.14. The number of rotatable bonds is 7. The number of pyridine rings is 1. The van der Waals surface area contributed by atoms with E-state index >= 15 is 0 Å². The first-order valence-corrected chi connectivity index (χ1v) is 9.63. The number of benzene rings is 1. The third-order valence-corrected chi connectivity index (χ3v) is 4.97. The van der Waals surface area contributed by atoms with Gasteiger partial charge in [-0.2, -0.15) is 5.10 Å². The highest BCUT2D eigenvalue weighted by Crippen LogP contribution is 2.18. The molecule has 2 aromatic heterocycles. The fourth-order valence-electron chi connectivity index (χ4n) is 3.66. The van der Waals surface area contributed by atoms with E-state index in [-0.39, 0.29) is 0 Å². The summed E-state index contributed by atoms with van der Waals surface area (Å²) in [5, 5.41) is 4.30. The van der Waals surface area contributed by atoms with Gasteiger partial charge in [-0.1, -0.05) is 30.3 Å². The maximum absolute atomic E-state index is 6.14. The van der Waals surface area contributed by atoms with Gasteiger partial charge in [-0.05, 0) is 48.2 Å². The van der Waals surface area contributed by atoms with E-state index in [4.69, 9.17) is 4.74 Å². The Hall–Kier alpha value is -2.50. The summed E-state index contributed by atoms with van der Waals surface area (Å²) in [5.41, 5.74) is 3.78. The van der Waals surface area contributed by atoms with Crippen molar-refractivity contribution in [3.8, 4) is 0 Å². The molecule has 1 atom stereocenters. The SMILES string of the molecule is c1cncc(COC2CCCN(Cc3cccc(Cn4cccn4)c3)C2)c1. The molecule has 140 valence electrons. The van der Waals surface area contributed by atoms with Crippen molar-refractivity contribution in [1.82, 2.24) is 19.7 Å². The zero-order valence-electron chi connectivity index (χ0n) is 15.6. The van der Waals surface area contributed by atoms with Crippen LogP contribution >= 0.6 is 0 Å². The van der Waals surface area contributed by atoms with Crippen molar-refractivity contribution in [3.63, 3.8) is 0 Å². The quantitative estimate of drug-likeness (QED) is 0.645. The van der Waals surface area contributed by atoms with Crippen molar-refractivity contribution >= 4 is 0 Å². The van der Waals surface area contributed by atoms with Crippen LogP contribution in [0.5, 0.6) is 0 Å². The van der Waals surface area contributed by atoms with Crippen molar-refractivity contribution in [2.24, 2.45) is 0 Å². The van der Waals surface area contributed by atoms with Gasteiger partial charge in [-0.3, -0.25) is 14.6 Å². The molecule has 1 unspecified atom stereocenters. The Bertz CT molecular complexity index is 819. The van der Waals surface area contributed by atoms with Crippen LogP contribution in [0.15, 0.2) is 67.3 Å². The molecule has 0 aliphatic carbocycles. The molecule has 5 nitrogen and oxygen atoms in total. The molecule has 1 fully saturated rings. The Balaban J connectivity index is 1.31. The number of piperidine rings is 1. The molecule has 5 heteroatoms. The Morgan fingerprint density at radius 1 is 1.00 bits per heavy atom. The van der Waals surface area contributed by atoms with Gasteiger partial charge < -0.3 is 4.74 Å². The monoisotopic (exact) mass is 362 g/mol. The van der Waals surface area contributed by atoms with Gasteiger partial charge in [-0.25, -0.2) is 0 Å². The number of ether oxygens (including phenoxy) is 1. The molecule has 0 bridgehead atoms. The number of hydrogen-bond acceptors (Lipinski definition) is 4. The Morgan fingerprint density at radius 3 is 2.70 bits per heavy atom. The molecule has 0 amide bonds. The van der Waals surface area contributed by atoms with E-state index in [1.54, 1.807) is 6.20 Å². The normalized spacial score (nSPS) is 17.9. The zero-order chi connectivity index (χ0) is 18.3. The molecule has 1 aromatic carbocycles. The second-order valence-electron chi connectivity index (χ2n) is 7.20. The Kier molecular flexibility index (Phi) is 5.92. The smallest absolute Gasteiger partial charge is 0.0736 e. The van der Waals surface area contributed by atoms with E-state index in [2.05, 4.69) is 45.3 Å². The van der Waals surface area contributed by atoms with Crippen LogP contribution in [0.3, 0.4) is 0 Å². The summed E-state index contributed by atoms with van der Waals surface area (Å²) in [7, 11) is 0. The van der Waals surface area contributed by atoms with Crippen molar-refractivity contribution in [3.05, 3.63) is 83.9 Å². The molecule has 0 radical (unpaired) electrons.